The monoisotopic (exact) mass is 213 g/mol. The van der Waals surface area contributed by atoms with E-state index in [1.165, 1.54) is 26.0 Å². The molecule has 0 unspecified atom stereocenters. The Hall–Kier alpha value is -1.49. The second-order valence-electron chi connectivity index (χ2n) is 3.98. The van der Waals surface area contributed by atoms with Gasteiger partial charge in [0.2, 0.25) is 0 Å². The fraction of sp³-hybridized carbons (Fsp3) is 0.400. The molecule has 1 aromatic rings. The van der Waals surface area contributed by atoms with Gasteiger partial charge in [0.25, 0.3) is 5.69 Å². The van der Waals surface area contributed by atoms with Gasteiger partial charge in [0.05, 0.1) is 16.1 Å². The molecule has 0 atom stereocenters. The van der Waals surface area contributed by atoms with Gasteiger partial charge in [-0.25, -0.2) is 4.39 Å². The molecule has 0 aliphatic heterocycles. The molecule has 15 heavy (non-hydrogen) atoms. The number of halogens is 1. The van der Waals surface area contributed by atoms with E-state index in [1.54, 1.807) is 0 Å². The molecule has 1 N–H and O–H groups in total. The molecule has 0 fully saturated rings. The average Bonchev–Trinajstić information content (AvgIpc) is 2.05. The van der Waals surface area contributed by atoms with Crippen LogP contribution in [-0.4, -0.2) is 15.6 Å². The Kier molecular flexibility index (Phi) is 3.04. The SMILES string of the molecule is CC(C)(O)Cc1c(F)cccc1[N+](=O)[O-]. The molecule has 0 heterocycles. The second-order valence-corrected chi connectivity index (χ2v) is 3.98. The Morgan fingerprint density at radius 3 is 2.60 bits per heavy atom. The minimum absolute atomic E-state index is 0.0602. The number of hydrogen-bond donors (Lipinski definition) is 1. The van der Waals surface area contributed by atoms with Crippen molar-refractivity contribution in [2.45, 2.75) is 25.9 Å². The molecule has 82 valence electrons. The van der Waals surface area contributed by atoms with Crippen LogP contribution in [0.4, 0.5) is 10.1 Å². The molecule has 0 aromatic heterocycles. The summed E-state index contributed by atoms with van der Waals surface area (Å²) in [5.41, 5.74) is -1.53. The van der Waals surface area contributed by atoms with Crippen molar-refractivity contribution in [3.63, 3.8) is 0 Å². The fourth-order valence-corrected chi connectivity index (χ4v) is 1.33. The first kappa shape index (κ1) is 11.6. The highest BCUT2D eigenvalue weighted by atomic mass is 19.1. The van der Waals surface area contributed by atoms with Gasteiger partial charge >= 0.3 is 0 Å². The zero-order chi connectivity index (χ0) is 11.6. The summed E-state index contributed by atoms with van der Waals surface area (Å²) in [6.45, 7) is 2.95. The minimum Gasteiger partial charge on any atom is -0.390 e. The largest absolute Gasteiger partial charge is 0.390 e. The van der Waals surface area contributed by atoms with Gasteiger partial charge in [0, 0.05) is 12.5 Å². The van der Waals surface area contributed by atoms with Gasteiger partial charge in [-0.05, 0) is 19.9 Å². The van der Waals surface area contributed by atoms with Crippen LogP contribution < -0.4 is 0 Å². The Labute approximate surface area is 86.5 Å². The summed E-state index contributed by atoms with van der Waals surface area (Å²) in [5.74, 6) is -0.661. The third kappa shape index (κ3) is 2.99. The quantitative estimate of drug-likeness (QED) is 0.617. The molecule has 0 aliphatic rings. The molecule has 0 radical (unpaired) electrons. The van der Waals surface area contributed by atoms with E-state index in [-0.39, 0.29) is 17.7 Å². The van der Waals surface area contributed by atoms with Gasteiger partial charge in [0.1, 0.15) is 5.82 Å². The first-order valence-electron chi connectivity index (χ1n) is 4.45. The number of nitro benzene ring substituents is 1. The van der Waals surface area contributed by atoms with E-state index in [0.29, 0.717) is 0 Å². The summed E-state index contributed by atoms with van der Waals surface area (Å²) >= 11 is 0. The van der Waals surface area contributed by atoms with Crippen molar-refractivity contribution < 1.29 is 14.4 Å². The molecule has 0 spiro atoms. The highest BCUT2D eigenvalue weighted by molar-refractivity contribution is 5.41. The summed E-state index contributed by atoms with van der Waals surface area (Å²) < 4.78 is 13.3. The molecule has 0 saturated heterocycles. The van der Waals surface area contributed by atoms with Crippen LogP contribution in [0.3, 0.4) is 0 Å². The standard InChI is InChI=1S/C10H12FNO3/c1-10(2,13)6-7-8(11)4-3-5-9(7)12(14)15/h3-5,13H,6H2,1-2H3. The molecular formula is C10H12FNO3. The maximum Gasteiger partial charge on any atom is 0.275 e. The van der Waals surface area contributed by atoms with Crippen molar-refractivity contribution in [3.8, 4) is 0 Å². The second kappa shape index (κ2) is 3.94. The molecule has 0 aliphatic carbocycles. The van der Waals surface area contributed by atoms with Crippen molar-refractivity contribution in [1.82, 2.24) is 0 Å². The number of hydrogen-bond acceptors (Lipinski definition) is 3. The predicted octanol–water partition coefficient (Wildman–Crippen LogP) is 2.05. The molecule has 0 amide bonds. The fourth-order valence-electron chi connectivity index (χ4n) is 1.33. The van der Waals surface area contributed by atoms with Gasteiger partial charge in [-0.3, -0.25) is 10.1 Å². The Morgan fingerprint density at radius 2 is 2.13 bits per heavy atom. The first-order chi connectivity index (χ1) is 6.81. The zero-order valence-corrected chi connectivity index (χ0v) is 8.53. The number of benzene rings is 1. The number of nitrogens with zero attached hydrogens (tertiary/aromatic N) is 1. The van der Waals surface area contributed by atoms with Crippen LogP contribution >= 0.6 is 0 Å². The number of rotatable bonds is 3. The van der Waals surface area contributed by atoms with Crippen LogP contribution in [0.15, 0.2) is 18.2 Å². The van der Waals surface area contributed by atoms with Gasteiger partial charge in [0.15, 0.2) is 0 Å². The van der Waals surface area contributed by atoms with Gasteiger partial charge in [-0.15, -0.1) is 0 Å². The van der Waals surface area contributed by atoms with E-state index in [1.807, 2.05) is 0 Å². The lowest BCUT2D eigenvalue weighted by molar-refractivity contribution is -0.385. The Bertz CT molecular complexity index is 385. The van der Waals surface area contributed by atoms with E-state index in [4.69, 9.17) is 0 Å². The Morgan fingerprint density at radius 1 is 1.53 bits per heavy atom. The number of aliphatic hydroxyl groups is 1. The van der Waals surface area contributed by atoms with E-state index < -0.39 is 16.3 Å². The zero-order valence-electron chi connectivity index (χ0n) is 8.53. The smallest absolute Gasteiger partial charge is 0.275 e. The molecule has 1 aromatic carbocycles. The molecule has 5 heteroatoms. The van der Waals surface area contributed by atoms with Crippen molar-refractivity contribution >= 4 is 5.69 Å². The summed E-state index contributed by atoms with van der Waals surface area (Å²) in [4.78, 5) is 9.97. The predicted molar refractivity (Wildman–Crippen MR) is 53.1 cm³/mol. The Balaban J connectivity index is 3.19. The van der Waals surface area contributed by atoms with Crippen molar-refractivity contribution in [1.29, 1.82) is 0 Å². The lowest BCUT2D eigenvalue weighted by Gasteiger charge is -2.17. The average molecular weight is 213 g/mol. The molecular weight excluding hydrogens is 201 g/mol. The first-order valence-corrected chi connectivity index (χ1v) is 4.45. The van der Waals surface area contributed by atoms with Crippen LogP contribution in [0.5, 0.6) is 0 Å². The summed E-state index contributed by atoms with van der Waals surface area (Å²) in [7, 11) is 0. The highest BCUT2D eigenvalue weighted by Crippen LogP contribution is 2.25. The summed E-state index contributed by atoms with van der Waals surface area (Å²) in [6.07, 6.45) is -0.0873. The number of nitro groups is 1. The molecule has 1 rings (SSSR count). The third-order valence-corrected chi connectivity index (χ3v) is 1.90. The van der Waals surface area contributed by atoms with E-state index in [9.17, 15) is 19.6 Å². The van der Waals surface area contributed by atoms with Crippen LogP contribution in [-0.2, 0) is 6.42 Å². The van der Waals surface area contributed by atoms with Crippen LogP contribution in [0, 0.1) is 15.9 Å². The lowest BCUT2D eigenvalue weighted by Crippen LogP contribution is -2.23. The van der Waals surface area contributed by atoms with Crippen molar-refractivity contribution in [2.75, 3.05) is 0 Å². The van der Waals surface area contributed by atoms with Crippen LogP contribution in [0.2, 0.25) is 0 Å². The van der Waals surface area contributed by atoms with Gasteiger partial charge in [-0.2, -0.15) is 0 Å². The molecule has 4 nitrogen and oxygen atoms in total. The topological polar surface area (TPSA) is 63.4 Å². The van der Waals surface area contributed by atoms with Crippen LogP contribution in [0.1, 0.15) is 19.4 Å². The van der Waals surface area contributed by atoms with E-state index in [2.05, 4.69) is 0 Å². The third-order valence-electron chi connectivity index (χ3n) is 1.90. The van der Waals surface area contributed by atoms with E-state index in [0.717, 1.165) is 6.07 Å². The van der Waals surface area contributed by atoms with Crippen LogP contribution in [0.25, 0.3) is 0 Å². The summed E-state index contributed by atoms with van der Waals surface area (Å²) in [5, 5.41) is 20.1. The lowest BCUT2D eigenvalue weighted by atomic mass is 9.97. The normalized spacial score (nSPS) is 11.5. The van der Waals surface area contributed by atoms with Gasteiger partial charge in [-0.1, -0.05) is 6.07 Å². The maximum absolute atomic E-state index is 13.3. The molecule has 0 saturated carbocycles. The van der Waals surface area contributed by atoms with Gasteiger partial charge < -0.3 is 5.11 Å². The minimum atomic E-state index is -1.17. The van der Waals surface area contributed by atoms with Crippen molar-refractivity contribution in [3.05, 3.63) is 39.7 Å². The maximum atomic E-state index is 13.3. The summed E-state index contributed by atoms with van der Waals surface area (Å²) in [6, 6.07) is 3.65. The molecule has 0 bridgehead atoms. The highest BCUT2D eigenvalue weighted by Gasteiger charge is 2.24. The van der Waals surface area contributed by atoms with E-state index >= 15 is 0 Å². The van der Waals surface area contributed by atoms with Crippen molar-refractivity contribution in [2.24, 2.45) is 0 Å².